The molecule has 0 bridgehead atoms. The molecule has 0 spiro atoms. The number of para-hydroxylation sites is 1. The maximum absolute atomic E-state index is 13.1. The topological polar surface area (TPSA) is 101 Å². The van der Waals surface area contributed by atoms with Gasteiger partial charge in [0.1, 0.15) is 12.7 Å². The zero-order valence-electron chi connectivity index (χ0n) is 16.3. The largest absolute Gasteiger partial charge is 0.356 e. The van der Waals surface area contributed by atoms with Crippen molar-refractivity contribution in [3.8, 4) is 0 Å². The van der Waals surface area contributed by atoms with E-state index in [0.29, 0.717) is 16.6 Å². The van der Waals surface area contributed by atoms with Crippen molar-refractivity contribution in [3.63, 3.8) is 0 Å². The van der Waals surface area contributed by atoms with Crippen LogP contribution in [0.4, 0.5) is 11.4 Å². The predicted octanol–water partition coefficient (Wildman–Crippen LogP) is 4.01. The molecule has 0 atom stereocenters. The molecule has 5 aromatic rings. The number of aromatic amines is 1. The summed E-state index contributed by atoms with van der Waals surface area (Å²) in [6.07, 6.45) is 4.62. The number of anilines is 2. The van der Waals surface area contributed by atoms with Crippen LogP contribution in [-0.4, -0.2) is 37.1 Å². The second-order valence-corrected chi connectivity index (χ2v) is 6.86. The molecular weight excluding hydrogens is 390 g/mol. The highest BCUT2D eigenvalue weighted by molar-refractivity contribution is 6.11. The van der Waals surface area contributed by atoms with Crippen LogP contribution >= 0.6 is 0 Å². The van der Waals surface area contributed by atoms with E-state index in [0.717, 1.165) is 22.5 Å². The van der Waals surface area contributed by atoms with E-state index in [1.807, 2.05) is 60.7 Å². The molecule has 0 radical (unpaired) electrons. The predicted molar refractivity (Wildman–Crippen MR) is 119 cm³/mol. The van der Waals surface area contributed by atoms with Crippen LogP contribution in [-0.2, 0) is 0 Å². The van der Waals surface area contributed by atoms with E-state index in [4.69, 9.17) is 0 Å². The van der Waals surface area contributed by atoms with Gasteiger partial charge in [0.2, 0.25) is 0 Å². The molecule has 0 amide bonds. The van der Waals surface area contributed by atoms with Crippen molar-refractivity contribution in [2.24, 2.45) is 5.10 Å². The number of ketones is 1. The summed E-state index contributed by atoms with van der Waals surface area (Å²) in [6.45, 7) is 0. The van der Waals surface area contributed by atoms with Crippen LogP contribution in [0.1, 0.15) is 21.6 Å². The van der Waals surface area contributed by atoms with Crippen molar-refractivity contribution in [1.29, 1.82) is 0 Å². The quantitative estimate of drug-likeness (QED) is 0.327. The molecule has 8 nitrogen and oxygen atoms in total. The SMILES string of the molecule is O=C(c1cccc(Nc2ccccc2)c1)c1ccc2c(/C=N/n3cnnc3)[nH]nc2c1. The van der Waals surface area contributed by atoms with Crippen LogP contribution in [0.25, 0.3) is 10.9 Å². The molecule has 2 N–H and O–H groups in total. The second-order valence-electron chi connectivity index (χ2n) is 6.86. The number of hydrogen-bond acceptors (Lipinski definition) is 6. The van der Waals surface area contributed by atoms with Gasteiger partial charge in [0.15, 0.2) is 5.78 Å². The number of benzene rings is 3. The summed E-state index contributed by atoms with van der Waals surface area (Å²) in [5.74, 6) is -0.0682. The fourth-order valence-corrected chi connectivity index (χ4v) is 3.24. The van der Waals surface area contributed by atoms with Crippen molar-refractivity contribution in [3.05, 3.63) is 102 Å². The first-order chi connectivity index (χ1) is 15.3. The van der Waals surface area contributed by atoms with E-state index in [9.17, 15) is 4.79 Å². The van der Waals surface area contributed by atoms with Crippen LogP contribution in [0.2, 0.25) is 0 Å². The van der Waals surface area contributed by atoms with Gasteiger partial charge >= 0.3 is 0 Å². The van der Waals surface area contributed by atoms with Gasteiger partial charge in [-0.25, -0.2) is 4.68 Å². The Morgan fingerprint density at radius 1 is 0.903 bits per heavy atom. The van der Waals surface area contributed by atoms with Crippen LogP contribution in [0.3, 0.4) is 0 Å². The first kappa shape index (κ1) is 18.4. The zero-order valence-corrected chi connectivity index (χ0v) is 16.3. The number of H-pyrrole nitrogens is 1. The monoisotopic (exact) mass is 407 g/mol. The van der Waals surface area contributed by atoms with E-state index in [2.05, 4.69) is 30.8 Å². The molecule has 0 saturated heterocycles. The summed E-state index contributed by atoms with van der Waals surface area (Å²) < 4.78 is 1.49. The van der Waals surface area contributed by atoms with Crippen molar-refractivity contribution in [1.82, 2.24) is 25.1 Å². The smallest absolute Gasteiger partial charge is 0.193 e. The van der Waals surface area contributed by atoms with Gasteiger partial charge in [0, 0.05) is 27.9 Å². The summed E-state index contributed by atoms with van der Waals surface area (Å²) in [7, 11) is 0. The Hall–Kier alpha value is -4.59. The third kappa shape index (κ3) is 3.95. The molecule has 0 saturated carbocycles. The number of nitrogens with zero attached hydrogens (tertiary/aromatic N) is 5. The molecule has 3 aromatic carbocycles. The third-order valence-corrected chi connectivity index (χ3v) is 4.76. The number of carbonyl (C=O) groups is 1. The minimum atomic E-state index is -0.0682. The Kier molecular flexibility index (Phi) is 4.78. The molecule has 2 heterocycles. The van der Waals surface area contributed by atoms with Crippen molar-refractivity contribution in [2.45, 2.75) is 0 Å². The van der Waals surface area contributed by atoms with Crippen LogP contribution in [0.15, 0.2) is 90.6 Å². The number of aromatic nitrogens is 5. The fraction of sp³-hybridized carbons (Fsp3) is 0. The van der Waals surface area contributed by atoms with E-state index in [1.54, 1.807) is 18.3 Å². The molecule has 0 aliphatic carbocycles. The van der Waals surface area contributed by atoms with Crippen molar-refractivity contribution < 1.29 is 4.79 Å². The van der Waals surface area contributed by atoms with E-state index < -0.39 is 0 Å². The van der Waals surface area contributed by atoms with Gasteiger partial charge in [-0.2, -0.15) is 10.2 Å². The average molecular weight is 407 g/mol. The van der Waals surface area contributed by atoms with Gasteiger partial charge in [-0.1, -0.05) is 36.4 Å². The van der Waals surface area contributed by atoms with Gasteiger partial charge in [-0.15, -0.1) is 10.2 Å². The van der Waals surface area contributed by atoms with E-state index >= 15 is 0 Å². The normalized spacial score (nSPS) is 11.2. The van der Waals surface area contributed by atoms with Gasteiger partial charge in [-0.05, 0) is 36.4 Å². The van der Waals surface area contributed by atoms with Gasteiger partial charge < -0.3 is 5.32 Å². The van der Waals surface area contributed by atoms with Crippen molar-refractivity contribution >= 4 is 34.3 Å². The van der Waals surface area contributed by atoms with Crippen molar-refractivity contribution in [2.75, 3.05) is 5.32 Å². The lowest BCUT2D eigenvalue weighted by Crippen LogP contribution is -2.02. The summed E-state index contributed by atoms with van der Waals surface area (Å²) in [4.78, 5) is 13.1. The molecular formula is C23H17N7O. The molecule has 8 heteroatoms. The van der Waals surface area contributed by atoms with E-state index in [-0.39, 0.29) is 5.78 Å². The van der Waals surface area contributed by atoms with E-state index in [1.165, 1.54) is 17.3 Å². The van der Waals surface area contributed by atoms with Gasteiger partial charge in [0.25, 0.3) is 0 Å². The second kappa shape index (κ2) is 8.03. The Labute approximate surface area is 177 Å². The maximum Gasteiger partial charge on any atom is 0.193 e. The number of rotatable bonds is 6. The standard InChI is InChI=1S/C23H17N7O/c31-23(16-5-4-8-19(11-16)27-18-6-2-1-3-7-18)17-9-10-20-21(12-17)28-29-22(20)13-26-30-14-24-25-15-30/h1-15,27H,(H,28,29)/b26-13+. The summed E-state index contributed by atoms with van der Waals surface area (Å²) in [6, 6.07) is 22.7. The highest BCUT2D eigenvalue weighted by Gasteiger charge is 2.12. The highest BCUT2D eigenvalue weighted by Crippen LogP contribution is 2.22. The third-order valence-electron chi connectivity index (χ3n) is 4.76. The maximum atomic E-state index is 13.1. The van der Waals surface area contributed by atoms with Crippen LogP contribution in [0.5, 0.6) is 0 Å². The molecule has 0 unspecified atom stereocenters. The Morgan fingerprint density at radius 3 is 2.52 bits per heavy atom. The highest BCUT2D eigenvalue weighted by atomic mass is 16.1. The summed E-state index contributed by atoms with van der Waals surface area (Å²) in [5, 5.41) is 23.1. The van der Waals surface area contributed by atoms with Crippen LogP contribution < -0.4 is 5.32 Å². The first-order valence-corrected chi connectivity index (χ1v) is 9.60. The van der Waals surface area contributed by atoms with Gasteiger partial charge in [-0.3, -0.25) is 9.89 Å². The minimum Gasteiger partial charge on any atom is -0.356 e. The lowest BCUT2D eigenvalue weighted by molar-refractivity contribution is 0.103. The van der Waals surface area contributed by atoms with Gasteiger partial charge in [0.05, 0.1) is 17.4 Å². The molecule has 5 rings (SSSR count). The minimum absolute atomic E-state index is 0.0682. The summed E-state index contributed by atoms with van der Waals surface area (Å²) >= 11 is 0. The Morgan fingerprint density at radius 2 is 1.68 bits per heavy atom. The first-order valence-electron chi connectivity index (χ1n) is 9.60. The molecule has 150 valence electrons. The average Bonchev–Trinajstić information content (AvgIpc) is 3.47. The summed E-state index contributed by atoms with van der Waals surface area (Å²) in [5.41, 5.74) is 4.41. The number of carbonyl (C=O) groups excluding carboxylic acids is 1. The molecule has 2 aromatic heterocycles. The fourth-order valence-electron chi connectivity index (χ4n) is 3.24. The number of nitrogens with one attached hydrogen (secondary N) is 2. The molecule has 0 fully saturated rings. The lowest BCUT2D eigenvalue weighted by Gasteiger charge is -2.08. The molecule has 0 aliphatic heterocycles. The molecule has 31 heavy (non-hydrogen) atoms. The number of fused-ring (bicyclic) bond motifs is 1. The molecule has 0 aliphatic rings. The number of hydrogen-bond donors (Lipinski definition) is 2. The zero-order chi connectivity index (χ0) is 21.0. The lowest BCUT2D eigenvalue weighted by atomic mass is 10.0. The Bertz CT molecular complexity index is 1370. The Balaban J connectivity index is 1.39. The van der Waals surface area contributed by atoms with Crippen LogP contribution in [0, 0.1) is 0 Å².